The third kappa shape index (κ3) is 1.88. The van der Waals surface area contributed by atoms with E-state index in [1.54, 1.807) is 13.4 Å². The number of aryl methyl sites for hydroxylation is 1. The second-order valence-electron chi connectivity index (χ2n) is 5.55. The summed E-state index contributed by atoms with van der Waals surface area (Å²) in [6.45, 7) is 4.79. The van der Waals surface area contributed by atoms with Crippen molar-refractivity contribution in [3.05, 3.63) is 34.6 Å². The number of aliphatic hydroxyl groups excluding tert-OH is 1. The van der Waals surface area contributed by atoms with Crippen molar-refractivity contribution in [2.45, 2.75) is 45.3 Å². The van der Waals surface area contributed by atoms with E-state index in [1.165, 1.54) is 16.7 Å². The first-order valence-corrected chi connectivity index (χ1v) is 6.83. The molecule has 0 spiro atoms. The molecule has 2 atom stereocenters. The summed E-state index contributed by atoms with van der Waals surface area (Å²) < 4.78 is 11.0. The highest BCUT2D eigenvalue weighted by molar-refractivity contribution is 5.86. The minimum atomic E-state index is -0.270. The molecule has 19 heavy (non-hydrogen) atoms. The summed E-state index contributed by atoms with van der Waals surface area (Å²) in [5.74, 6) is 0.132. The van der Waals surface area contributed by atoms with Gasteiger partial charge in [0.2, 0.25) is 0 Å². The first kappa shape index (κ1) is 12.7. The Labute approximate surface area is 113 Å². The molecule has 0 saturated carbocycles. The van der Waals surface area contributed by atoms with Crippen molar-refractivity contribution in [3.63, 3.8) is 0 Å². The van der Waals surface area contributed by atoms with Crippen molar-refractivity contribution in [3.8, 4) is 0 Å². The minimum absolute atomic E-state index is 0.132. The van der Waals surface area contributed by atoms with Gasteiger partial charge >= 0.3 is 0 Å². The van der Waals surface area contributed by atoms with Crippen LogP contribution in [-0.2, 0) is 17.8 Å². The van der Waals surface area contributed by atoms with Crippen LogP contribution in [0.1, 0.15) is 41.5 Å². The van der Waals surface area contributed by atoms with E-state index >= 15 is 0 Å². The van der Waals surface area contributed by atoms with Gasteiger partial charge in [-0.15, -0.1) is 0 Å². The van der Waals surface area contributed by atoms with Crippen LogP contribution in [0.25, 0.3) is 11.0 Å². The molecule has 0 bridgehead atoms. The molecule has 1 aliphatic carbocycles. The van der Waals surface area contributed by atoms with Crippen LogP contribution in [0.4, 0.5) is 0 Å². The molecule has 0 saturated heterocycles. The van der Waals surface area contributed by atoms with E-state index in [2.05, 4.69) is 19.9 Å². The van der Waals surface area contributed by atoms with E-state index in [9.17, 15) is 5.11 Å². The average Bonchev–Trinajstić information content (AvgIpc) is 2.77. The maximum atomic E-state index is 10.1. The third-order valence-electron chi connectivity index (χ3n) is 4.34. The van der Waals surface area contributed by atoms with Crippen LogP contribution >= 0.6 is 0 Å². The number of benzene rings is 1. The number of rotatable bonds is 2. The Bertz CT molecular complexity index is 612. The Morgan fingerprint density at radius 2 is 2.26 bits per heavy atom. The first-order valence-electron chi connectivity index (χ1n) is 6.83. The zero-order valence-electron chi connectivity index (χ0n) is 11.7. The quantitative estimate of drug-likeness (QED) is 0.901. The lowest BCUT2D eigenvalue weighted by molar-refractivity contribution is 0.132. The molecule has 0 radical (unpaired) electrons. The molecule has 102 valence electrons. The zero-order chi connectivity index (χ0) is 13.6. The van der Waals surface area contributed by atoms with Crippen LogP contribution in [0.5, 0.6) is 0 Å². The van der Waals surface area contributed by atoms with Gasteiger partial charge in [-0.25, -0.2) is 0 Å². The zero-order valence-corrected chi connectivity index (χ0v) is 11.7. The number of hydrogen-bond acceptors (Lipinski definition) is 3. The number of ether oxygens (including phenoxy) is 1. The second kappa shape index (κ2) is 4.66. The number of aliphatic hydroxyl groups is 1. The number of hydrogen-bond donors (Lipinski definition) is 1. The molecule has 0 aliphatic heterocycles. The lowest BCUT2D eigenvalue weighted by Gasteiger charge is -2.28. The minimum Gasteiger partial charge on any atom is -0.464 e. The summed E-state index contributed by atoms with van der Waals surface area (Å²) in [6, 6.07) is 2.19. The van der Waals surface area contributed by atoms with Crippen molar-refractivity contribution in [1.82, 2.24) is 0 Å². The monoisotopic (exact) mass is 260 g/mol. The maximum Gasteiger partial charge on any atom is 0.138 e. The van der Waals surface area contributed by atoms with Gasteiger partial charge in [0.25, 0.3) is 0 Å². The summed E-state index contributed by atoms with van der Waals surface area (Å²) in [7, 11) is 1.69. The second-order valence-corrected chi connectivity index (χ2v) is 5.55. The van der Waals surface area contributed by atoms with Crippen LogP contribution in [0.2, 0.25) is 0 Å². The Morgan fingerprint density at radius 1 is 1.47 bits per heavy atom. The molecular weight excluding hydrogens is 240 g/mol. The molecule has 1 heterocycles. The fraction of sp³-hybridized carbons (Fsp3) is 0.500. The van der Waals surface area contributed by atoms with Gasteiger partial charge in [0.1, 0.15) is 5.58 Å². The smallest absolute Gasteiger partial charge is 0.138 e. The molecule has 3 rings (SSSR count). The topological polar surface area (TPSA) is 42.6 Å². The van der Waals surface area contributed by atoms with Gasteiger partial charge in [0.15, 0.2) is 0 Å². The highest BCUT2D eigenvalue weighted by atomic mass is 16.5. The van der Waals surface area contributed by atoms with Crippen LogP contribution in [-0.4, -0.2) is 18.3 Å². The summed E-state index contributed by atoms with van der Waals surface area (Å²) >= 11 is 0. The van der Waals surface area contributed by atoms with E-state index in [4.69, 9.17) is 9.15 Å². The molecule has 1 aromatic carbocycles. The van der Waals surface area contributed by atoms with E-state index < -0.39 is 0 Å². The van der Waals surface area contributed by atoms with Gasteiger partial charge < -0.3 is 14.3 Å². The third-order valence-corrected chi connectivity index (χ3v) is 4.34. The lowest BCUT2D eigenvalue weighted by atomic mass is 9.79. The summed E-state index contributed by atoms with van der Waals surface area (Å²) in [5, 5.41) is 11.2. The predicted molar refractivity (Wildman–Crippen MR) is 74.4 cm³/mol. The molecule has 1 N–H and O–H groups in total. The molecule has 3 heteroatoms. The molecule has 3 nitrogen and oxygen atoms in total. The SMILES string of the molecule is COCc1coc2c3c(c(C)cc12)CC[C@@H](O)[C@@H]3C. The molecule has 2 aromatic rings. The molecule has 0 unspecified atom stereocenters. The lowest BCUT2D eigenvalue weighted by Crippen LogP contribution is -2.23. The van der Waals surface area contributed by atoms with E-state index in [-0.39, 0.29) is 12.0 Å². The molecule has 0 fully saturated rings. The van der Waals surface area contributed by atoms with Crippen LogP contribution in [0, 0.1) is 6.92 Å². The largest absolute Gasteiger partial charge is 0.464 e. The van der Waals surface area contributed by atoms with E-state index in [0.717, 1.165) is 29.4 Å². The van der Waals surface area contributed by atoms with E-state index in [1.807, 2.05) is 0 Å². The Kier molecular flexibility index (Phi) is 3.11. The molecule has 0 amide bonds. The van der Waals surface area contributed by atoms with Crippen molar-refractivity contribution in [2.75, 3.05) is 7.11 Å². The Balaban J connectivity index is 2.26. The van der Waals surface area contributed by atoms with Crippen LogP contribution in [0.3, 0.4) is 0 Å². The average molecular weight is 260 g/mol. The fourth-order valence-electron chi connectivity index (χ4n) is 3.24. The normalized spacial score (nSPS) is 22.7. The van der Waals surface area contributed by atoms with Gasteiger partial charge in [-0.05, 0) is 37.0 Å². The van der Waals surface area contributed by atoms with Crippen molar-refractivity contribution < 1.29 is 14.3 Å². The number of fused-ring (bicyclic) bond motifs is 3. The van der Waals surface area contributed by atoms with Gasteiger partial charge in [-0.3, -0.25) is 0 Å². The van der Waals surface area contributed by atoms with Gasteiger partial charge in [0.05, 0.1) is 19.0 Å². The Morgan fingerprint density at radius 3 is 3.00 bits per heavy atom. The van der Waals surface area contributed by atoms with Crippen molar-refractivity contribution in [1.29, 1.82) is 0 Å². The summed E-state index contributed by atoms with van der Waals surface area (Å²) in [5.41, 5.74) is 5.84. The van der Waals surface area contributed by atoms with Crippen molar-refractivity contribution in [2.24, 2.45) is 0 Å². The van der Waals surface area contributed by atoms with Gasteiger partial charge in [-0.1, -0.05) is 6.92 Å². The highest BCUT2D eigenvalue weighted by Gasteiger charge is 2.29. The first-order chi connectivity index (χ1) is 9.13. The number of furan rings is 1. The van der Waals surface area contributed by atoms with Crippen molar-refractivity contribution >= 4 is 11.0 Å². The Hall–Kier alpha value is -1.32. The molecule has 1 aliphatic rings. The van der Waals surface area contributed by atoms with Gasteiger partial charge in [0, 0.05) is 29.5 Å². The van der Waals surface area contributed by atoms with Crippen LogP contribution in [0.15, 0.2) is 16.7 Å². The fourth-order valence-corrected chi connectivity index (χ4v) is 3.24. The molecular formula is C16H20O3. The van der Waals surface area contributed by atoms with Crippen LogP contribution < -0.4 is 0 Å². The predicted octanol–water partition coefficient (Wildman–Crippen LogP) is 3.30. The number of methoxy groups -OCH3 is 1. The van der Waals surface area contributed by atoms with Gasteiger partial charge in [-0.2, -0.15) is 0 Å². The van der Waals surface area contributed by atoms with E-state index in [0.29, 0.717) is 6.61 Å². The maximum absolute atomic E-state index is 10.1. The highest BCUT2D eigenvalue weighted by Crippen LogP contribution is 2.40. The standard InChI is InChI=1S/C16H20O3/c1-9-6-13-11(7-18-3)8-19-16(13)15-10(2)14(17)5-4-12(9)15/h6,8,10,14,17H,4-5,7H2,1-3H3/t10-,14+/m0/s1. The summed E-state index contributed by atoms with van der Waals surface area (Å²) in [6.07, 6.45) is 3.28. The summed E-state index contributed by atoms with van der Waals surface area (Å²) in [4.78, 5) is 0. The molecule has 1 aromatic heterocycles.